The highest BCUT2D eigenvalue weighted by molar-refractivity contribution is 9.10. The van der Waals surface area contributed by atoms with Crippen LogP contribution in [-0.2, 0) is 6.54 Å². The summed E-state index contributed by atoms with van der Waals surface area (Å²) in [6.45, 7) is 0.451. The second kappa shape index (κ2) is 6.28. The normalized spacial score (nSPS) is 10.3. The number of hydrogen-bond acceptors (Lipinski definition) is 3. The van der Waals surface area contributed by atoms with Gasteiger partial charge in [0, 0.05) is 6.54 Å². The van der Waals surface area contributed by atoms with E-state index < -0.39 is 0 Å². The zero-order chi connectivity index (χ0) is 13.8. The van der Waals surface area contributed by atoms with Gasteiger partial charge in [-0.1, -0.05) is 17.7 Å². The van der Waals surface area contributed by atoms with Crippen molar-refractivity contribution in [1.29, 1.82) is 0 Å². The smallest absolute Gasteiger partial charge is 0.146 e. The second-order valence-electron chi connectivity index (χ2n) is 3.87. The number of nitrogens with two attached hydrogens (primary N) is 1. The minimum Gasteiger partial charge on any atom is -0.497 e. The van der Waals surface area contributed by atoms with Gasteiger partial charge >= 0.3 is 0 Å². The molecule has 0 radical (unpaired) electrons. The Labute approximate surface area is 125 Å². The van der Waals surface area contributed by atoms with Crippen LogP contribution in [0.5, 0.6) is 17.2 Å². The molecule has 0 amide bonds. The van der Waals surface area contributed by atoms with Gasteiger partial charge in [0.15, 0.2) is 0 Å². The van der Waals surface area contributed by atoms with Gasteiger partial charge in [-0.25, -0.2) is 0 Å². The maximum Gasteiger partial charge on any atom is 0.146 e. The molecule has 5 heteroatoms. The fourth-order valence-corrected chi connectivity index (χ4v) is 2.24. The van der Waals surface area contributed by atoms with Crippen molar-refractivity contribution in [3.63, 3.8) is 0 Å². The first kappa shape index (κ1) is 14.2. The topological polar surface area (TPSA) is 44.5 Å². The summed E-state index contributed by atoms with van der Waals surface area (Å²) < 4.78 is 11.7. The molecule has 0 aliphatic carbocycles. The van der Waals surface area contributed by atoms with Gasteiger partial charge in [-0.15, -0.1) is 0 Å². The summed E-state index contributed by atoms with van der Waals surface area (Å²) in [6, 6.07) is 11.0. The lowest BCUT2D eigenvalue weighted by Crippen LogP contribution is -1.96. The van der Waals surface area contributed by atoms with E-state index in [0.29, 0.717) is 23.1 Å². The molecule has 100 valence electrons. The van der Waals surface area contributed by atoms with E-state index in [1.807, 2.05) is 24.3 Å². The maximum absolute atomic E-state index is 6.15. The van der Waals surface area contributed by atoms with E-state index in [9.17, 15) is 0 Å². The van der Waals surface area contributed by atoms with E-state index in [0.717, 1.165) is 15.8 Å². The van der Waals surface area contributed by atoms with Crippen molar-refractivity contribution in [3.05, 3.63) is 51.5 Å². The number of methoxy groups -OCH3 is 1. The number of hydrogen-bond donors (Lipinski definition) is 1. The standard InChI is InChI=1S/C14H13BrClNO2/c1-18-10-3-5-13(11(15)7-10)19-14-4-2-9(8-17)6-12(14)16/h2-7H,8,17H2,1H3. The van der Waals surface area contributed by atoms with Crippen LogP contribution in [0.25, 0.3) is 0 Å². The second-order valence-corrected chi connectivity index (χ2v) is 5.13. The Morgan fingerprint density at radius 2 is 1.89 bits per heavy atom. The molecule has 0 aliphatic heterocycles. The summed E-state index contributed by atoms with van der Waals surface area (Å²) in [5, 5.41) is 0.533. The molecular formula is C14H13BrClNO2. The SMILES string of the molecule is COc1ccc(Oc2ccc(CN)cc2Cl)c(Br)c1. The summed E-state index contributed by atoms with van der Waals surface area (Å²) in [7, 11) is 1.62. The predicted octanol–water partition coefficient (Wildman–Crippen LogP) is 4.36. The maximum atomic E-state index is 6.15. The summed E-state index contributed by atoms with van der Waals surface area (Å²) in [6.07, 6.45) is 0. The van der Waals surface area contributed by atoms with Crippen LogP contribution in [0.15, 0.2) is 40.9 Å². The number of halogens is 2. The Hall–Kier alpha value is -1.23. The third kappa shape index (κ3) is 3.41. The highest BCUT2D eigenvalue weighted by Crippen LogP contribution is 2.35. The van der Waals surface area contributed by atoms with E-state index in [4.69, 9.17) is 26.8 Å². The summed E-state index contributed by atoms with van der Waals surface area (Å²) in [5.74, 6) is 2.01. The quantitative estimate of drug-likeness (QED) is 0.897. The van der Waals surface area contributed by atoms with Crippen molar-refractivity contribution in [1.82, 2.24) is 0 Å². The molecule has 0 saturated heterocycles. The first-order valence-corrected chi connectivity index (χ1v) is 6.81. The van der Waals surface area contributed by atoms with E-state index in [1.54, 1.807) is 19.2 Å². The number of ether oxygens (including phenoxy) is 2. The average molecular weight is 343 g/mol. The predicted molar refractivity (Wildman–Crippen MR) is 80.1 cm³/mol. The van der Waals surface area contributed by atoms with Crippen molar-refractivity contribution in [2.24, 2.45) is 5.73 Å². The molecule has 0 aliphatic rings. The fourth-order valence-electron chi connectivity index (χ4n) is 1.56. The number of benzene rings is 2. The summed E-state index contributed by atoms with van der Waals surface area (Å²) >= 11 is 9.58. The van der Waals surface area contributed by atoms with Crippen molar-refractivity contribution in [2.45, 2.75) is 6.54 Å². The van der Waals surface area contributed by atoms with Crippen molar-refractivity contribution in [2.75, 3.05) is 7.11 Å². The fraction of sp³-hybridized carbons (Fsp3) is 0.143. The van der Waals surface area contributed by atoms with Gasteiger partial charge in [0.25, 0.3) is 0 Å². The van der Waals surface area contributed by atoms with Gasteiger partial charge in [0.1, 0.15) is 17.2 Å². The summed E-state index contributed by atoms with van der Waals surface area (Å²) in [4.78, 5) is 0. The van der Waals surface area contributed by atoms with Crippen LogP contribution in [-0.4, -0.2) is 7.11 Å². The average Bonchev–Trinajstić information content (AvgIpc) is 2.42. The lowest BCUT2D eigenvalue weighted by molar-refractivity contribution is 0.412. The van der Waals surface area contributed by atoms with Crippen LogP contribution in [0.1, 0.15) is 5.56 Å². The van der Waals surface area contributed by atoms with Gasteiger partial charge in [-0.2, -0.15) is 0 Å². The van der Waals surface area contributed by atoms with Crippen LogP contribution in [0.3, 0.4) is 0 Å². The minimum absolute atomic E-state index is 0.451. The first-order valence-electron chi connectivity index (χ1n) is 5.64. The molecule has 0 heterocycles. The monoisotopic (exact) mass is 341 g/mol. The molecule has 0 fully saturated rings. The van der Waals surface area contributed by atoms with Crippen molar-refractivity contribution in [3.8, 4) is 17.2 Å². The third-order valence-corrected chi connectivity index (χ3v) is 3.51. The summed E-state index contributed by atoms with van der Waals surface area (Å²) in [5.41, 5.74) is 6.52. The highest BCUT2D eigenvalue weighted by atomic mass is 79.9. The van der Waals surface area contributed by atoms with Crippen LogP contribution in [0.2, 0.25) is 5.02 Å². The zero-order valence-electron chi connectivity index (χ0n) is 10.3. The lowest BCUT2D eigenvalue weighted by atomic mass is 10.2. The van der Waals surface area contributed by atoms with E-state index in [2.05, 4.69) is 15.9 Å². The highest BCUT2D eigenvalue weighted by Gasteiger charge is 2.08. The van der Waals surface area contributed by atoms with Crippen LogP contribution >= 0.6 is 27.5 Å². The Morgan fingerprint density at radius 1 is 1.16 bits per heavy atom. The Kier molecular flexibility index (Phi) is 4.69. The van der Waals surface area contributed by atoms with E-state index in [-0.39, 0.29) is 0 Å². The first-order chi connectivity index (χ1) is 9.13. The third-order valence-electron chi connectivity index (χ3n) is 2.59. The van der Waals surface area contributed by atoms with Crippen LogP contribution in [0.4, 0.5) is 0 Å². The largest absolute Gasteiger partial charge is 0.497 e. The van der Waals surface area contributed by atoms with Gasteiger partial charge in [-0.05, 0) is 51.8 Å². The molecule has 19 heavy (non-hydrogen) atoms. The molecule has 0 spiro atoms. The Morgan fingerprint density at radius 3 is 2.47 bits per heavy atom. The molecule has 3 nitrogen and oxygen atoms in total. The van der Waals surface area contributed by atoms with Crippen LogP contribution < -0.4 is 15.2 Å². The molecular weight excluding hydrogens is 330 g/mol. The molecule has 2 rings (SSSR count). The molecule has 0 unspecified atom stereocenters. The van der Waals surface area contributed by atoms with Gasteiger partial charge < -0.3 is 15.2 Å². The molecule has 0 aromatic heterocycles. The van der Waals surface area contributed by atoms with Crippen molar-refractivity contribution < 1.29 is 9.47 Å². The lowest BCUT2D eigenvalue weighted by Gasteiger charge is -2.11. The number of rotatable bonds is 4. The van der Waals surface area contributed by atoms with Crippen molar-refractivity contribution >= 4 is 27.5 Å². The van der Waals surface area contributed by atoms with Gasteiger partial charge in [0.2, 0.25) is 0 Å². The molecule has 0 atom stereocenters. The Balaban J connectivity index is 2.26. The molecule has 0 saturated carbocycles. The molecule has 0 bridgehead atoms. The molecule has 2 aromatic carbocycles. The van der Waals surface area contributed by atoms with Gasteiger partial charge in [-0.3, -0.25) is 0 Å². The van der Waals surface area contributed by atoms with Crippen LogP contribution in [0, 0.1) is 0 Å². The van der Waals surface area contributed by atoms with Gasteiger partial charge in [0.05, 0.1) is 16.6 Å². The minimum atomic E-state index is 0.451. The molecule has 2 aromatic rings. The Bertz CT molecular complexity index is 538. The zero-order valence-corrected chi connectivity index (χ0v) is 12.7. The molecule has 2 N–H and O–H groups in total. The van der Waals surface area contributed by atoms with E-state index >= 15 is 0 Å². The van der Waals surface area contributed by atoms with E-state index in [1.165, 1.54) is 0 Å².